The molecule has 1 aromatic rings. The molecule has 0 unspecified atom stereocenters. The number of alkyl halides is 1. The van der Waals surface area contributed by atoms with Crippen molar-refractivity contribution >= 4 is 17.3 Å². The molecule has 0 atom stereocenters. The van der Waals surface area contributed by atoms with Crippen molar-refractivity contribution in [1.29, 1.82) is 0 Å². The van der Waals surface area contributed by atoms with E-state index in [0.717, 1.165) is 6.54 Å². The van der Waals surface area contributed by atoms with Crippen LogP contribution in [0.2, 0.25) is 0 Å². The molecule has 0 amide bonds. The lowest BCUT2D eigenvalue weighted by Crippen LogP contribution is -2.19. The summed E-state index contributed by atoms with van der Waals surface area (Å²) in [4.78, 5) is 2.17. The van der Waals surface area contributed by atoms with Crippen LogP contribution in [0.1, 0.15) is 18.9 Å². The first-order chi connectivity index (χ1) is 6.77. The zero-order chi connectivity index (χ0) is 10.4. The average Bonchev–Trinajstić information content (AvgIpc) is 2.20. The van der Waals surface area contributed by atoms with E-state index in [1.54, 1.807) is 0 Å². The van der Waals surface area contributed by atoms with Gasteiger partial charge < -0.3 is 4.90 Å². The minimum Gasteiger partial charge on any atom is -0.373 e. The molecule has 2 heteroatoms. The summed E-state index contributed by atoms with van der Waals surface area (Å²) in [5, 5.41) is 0. The van der Waals surface area contributed by atoms with Crippen LogP contribution in [0.5, 0.6) is 0 Å². The van der Waals surface area contributed by atoms with Crippen LogP contribution in [0.15, 0.2) is 24.3 Å². The van der Waals surface area contributed by atoms with Crippen molar-refractivity contribution in [3.05, 3.63) is 29.8 Å². The van der Waals surface area contributed by atoms with Crippen molar-refractivity contribution in [3.63, 3.8) is 0 Å². The molecule has 78 valence electrons. The highest BCUT2D eigenvalue weighted by Crippen LogP contribution is 2.14. The van der Waals surface area contributed by atoms with E-state index in [1.165, 1.54) is 24.1 Å². The van der Waals surface area contributed by atoms with Crippen LogP contribution in [-0.2, 0) is 6.42 Å². The van der Waals surface area contributed by atoms with Gasteiger partial charge in [-0.1, -0.05) is 25.5 Å². The largest absolute Gasteiger partial charge is 0.373 e. The summed E-state index contributed by atoms with van der Waals surface area (Å²) in [7, 11) is 2.07. The lowest BCUT2D eigenvalue weighted by atomic mass is 10.1. The summed E-state index contributed by atoms with van der Waals surface area (Å²) in [6, 6.07) is 8.72. The molecule has 0 heterocycles. The molecule has 0 radical (unpaired) electrons. The van der Waals surface area contributed by atoms with Crippen molar-refractivity contribution in [2.24, 2.45) is 0 Å². The monoisotopic (exact) mass is 211 g/mol. The molecule has 0 aliphatic rings. The van der Waals surface area contributed by atoms with Crippen LogP contribution in [0.4, 0.5) is 5.69 Å². The van der Waals surface area contributed by atoms with Gasteiger partial charge in [-0.3, -0.25) is 0 Å². The molecule has 1 rings (SSSR count). The Kier molecular flexibility index (Phi) is 4.81. The van der Waals surface area contributed by atoms with Crippen molar-refractivity contribution < 1.29 is 0 Å². The third-order valence-corrected chi connectivity index (χ3v) is 2.50. The van der Waals surface area contributed by atoms with Crippen LogP contribution in [0.25, 0.3) is 0 Å². The minimum atomic E-state index is 0.674. The van der Waals surface area contributed by atoms with Gasteiger partial charge in [0.25, 0.3) is 0 Å². The molecule has 0 spiro atoms. The molecule has 0 aromatic heterocycles. The zero-order valence-electron chi connectivity index (χ0n) is 8.96. The predicted octanol–water partition coefficient (Wildman–Crippen LogP) is 3.31. The smallest absolute Gasteiger partial charge is 0.0399 e. The second kappa shape index (κ2) is 5.92. The number of aryl methyl sites for hydroxylation is 1. The van der Waals surface area contributed by atoms with Gasteiger partial charge in [-0.2, -0.15) is 0 Å². The molecule has 0 saturated carbocycles. The molecule has 0 bridgehead atoms. The quantitative estimate of drug-likeness (QED) is 0.676. The molecule has 0 saturated heterocycles. The first-order valence-electron chi connectivity index (χ1n) is 5.14. The summed E-state index contributed by atoms with van der Waals surface area (Å²) in [6.45, 7) is 3.10. The molecular weight excluding hydrogens is 194 g/mol. The maximum absolute atomic E-state index is 5.69. The van der Waals surface area contributed by atoms with Crippen LogP contribution in [0.3, 0.4) is 0 Å². The first kappa shape index (κ1) is 11.4. The van der Waals surface area contributed by atoms with E-state index in [-0.39, 0.29) is 0 Å². The Morgan fingerprint density at radius 2 is 1.86 bits per heavy atom. The summed E-state index contributed by atoms with van der Waals surface area (Å²) >= 11 is 5.69. The van der Waals surface area contributed by atoms with Crippen molar-refractivity contribution in [1.82, 2.24) is 0 Å². The lowest BCUT2D eigenvalue weighted by Gasteiger charge is -2.17. The van der Waals surface area contributed by atoms with Crippen molar-refractivity contribution in [2.75, 3.05) is 24.4 Å². The molecule has 1 nitrogen and oxygen atoms in total. The summed E-state index contributed by atoms with van der Waals surface area (Å²) in [5.41, 5.74) is 2.65. The molecule has 0 fully saturated rings. The molecular formula is C12H18ClN. The van der Waals surface area contributed by atoms with E-state index in [4.69, 9.17) is 11.6 Å². The lowest BCUT2D eigenvalue weighted by molar-refractivity contribution is 0.918. The van der Waals surface area contributed by atoms with Crippen molar-refractivity contribution in [3.8, 4) is 0 Å². The number of hydrogen-bond donors (Lipinski definition) is 0. The summed E-state index contributed by atoms with van der Waals surface area (Å²) < 4.78 is 0. The second-order valence-corrected chi connectivity index (χ2v) is 3.90. The van der Waals surface area contributed by atoms with Gasteiger partial charge in [-0.25, -0.2) is 0 Å². The Bertz CT molecular complexity index is 256. The van der Waals surface area contributed by atoms with E-state index in [1.807, 2.05) is 0 Å². The SMILES string of the molecule is CCCc1ccc(N(C)CCCl)cc1. The minimum absolute atomic E-state index is 0.674. The standard InChI is InChI=1S/C12H18ClN/c1-3-4-11-5-7-12(8-6-11)14(2)10-9-13/h5-8H,3-4,9-10H2,1-2H3. The van der Waals surface area contributed by atoms with Gasteiger partial charge in [-0.05, 0) is 24.1 Å². The number of rotatable bonds is 5. The van der Waals surface area contributed by atoms with Gasteiger partial charge in [0.05, 0.1) is 0 Å². The number of hydrogen-bond acceptors (Lipinski definition) is 1. The van der Waals surface area contributed by atoms with E-state index in [0.29, 0.717) is 5.88 Å². The molecule has 14 heavy (non-hydrogen) atoms. The Morgan fingerprint density at radius 3 is 2.36 bits per heavy atom. The second-order valence-electron chi connectivity index (χ2n) is 3.53. The maximum atomic E-state index is 5.69. The van der Waals surface area contributed by atoms with Gasteiger partial charge in [0.15, 0.2) is 0 Å². The fourth-order valence-corrected chi connectivity index (χ4v) is 1.72. The van der Waals surface area contributed by atoms with E-state index >= 15 is 0 Å². The van der Waals surface area contributed by atoms with Gasteiger partial charge >= 0.3 is 0 Å². The summed E-state index contributed by atoms with van der Waals surface area (Å²) in [6.07, 6.45) is 2.37. The van der Waals surface area contributed by atoms with E-state index < -0.39 is 0 Å². The van der Waals surface area contributed by atoms with Gasteiger partial charge in [-0.15, -0.1) is 11.6 Å². The third kappa shape index (κ3) is 3.22. The molecule has 0 N–H and O–H groups in total. The molecule has 0 aliphatic carbocycles. The number of benzene rings is 1. The van der Waals surface area contributed by atoms with Crippen LogP contribution >= 0.6 is 11.6 Å². The number of anilines is 1. The predicted molar refractivity (Wildman–Crippen MR) is 64.4 cm³/mol. The Morgan fingerprint density at radius 1 is 1.21 bits per heavy atom. The van der Waals surface area contributed by atoms with Gasteiger partial charge in [0, 0.05) is 25.2 Å². The fourth-order valence-electron chi connectivity index (χ4n) is 1.46. The van der Waals surface area contributed by atoms with Gasteiger partial charge in [0.1, 0.15) is 0 Å². The number of nitrogens with zero attached hydrogens (tertiary/aromatic N) is 1. The van der Waals surface area contributed by atoms with Gasteiger partial charge in [0.2, 0.25) is 0 Å². The third-order valence-electron chi connectivity index (χ3n) is 2.34. The molecule has 0 aliphatic heterocycles. The highest BCUT2D eigenvalue weighted by Gasteiger charge is 1.99. The number of halogens is 1. The van der Waals surface area contributed by atoms with Crippen LogP contribution in [0, 0.1) is 0 Å². The maximum Gasteiger partial charge on any atom is 0.0399 e. The zero-order valence-corrected chi connectivity index (χ0v) is 9.72. The highest BCUT2D eigenvalue weighted by atomic mass is 35.5. The summed E-state index contributed by atoms with van der Waals surface area (Å²) in [5.74, 6) is 0.674. The molecule has 1 aromatic carbocycles. The van der Waals surface area contributed by atoms with E-state index in [2.05, 4.69) is 43.1 Å². The Balaban J connectivity index is 2.62. The van der Waals surface area contributed by atoms with Crippen LogP contribution < -0.4 is 4.90 Å². The van der Waals surface area contributed by atoms with E-state index in [9.17, 15) is 0 Å². The topological polar surface area (TPSA) is 3.24 Å². The fraction of sp³-hybridized carbons (Fsp3) is 0.500. The Labute approximate surface area is 91.7 Å². The van der Waals surface area contributed by atoms with Crippen molar-refractivity contribution in [2.45, 2.75) is 19.8 Å². The highest BCUT2D eigenvalue weighted by molar-refractivity contribution is 6.18. The first-order valence-corrected chi connectivity index (χ1v) is 5.67. The normalized spacial score (nSPS) is 10.2. The average molecular weight is 212 g/mol. The van der Waals surface area contributed by atoms with Crippen LogP contribution in [-0.4, -0.2) is 19.5 Å². The Hall–Kier alpha value is -0.690.